The van der Waals surface area contributed by atoms with Crippen LogP contribution in [0.4, 0.5) is 0 Å². The first kappa shape index (κ1) is 23.7. The van der Waals surface area contributed by atoms with Crippen molar-refractivity contribution in [3.05, 3.63) is 12.2 Å². The van der Waals surface area contributed by atoms with Crippen molar-refractivity contribution >= 4 is 0 Å². The Kier molecular flexibility index (Phi) is 7.29. The highest BCUT2D eigenvalue weighted by Gasteiger charge is 2.53. The van der Waals surface area contributed by atoms with E-state index in [1.165, 1.54) is 6.92 Å². The van der Waals surface area contributed by atoms with Gasteiger partial charge in [0.1, 0.15) is 30.5 Å². The summed E-state index contributed by atoms with van der Waals surface area (Å²) in [4.78, 5) is 0. The van der Waals surface area contributed by atoms with Crippen molar-refractivity contribution in [2.45, 2.75) is 88.7 Å². The Bertz CT molecular complexity index is 548. The van der Waals surface area contributed by atoms with Gasteiger partial charge in [0.15, 0.2) is 6.29 Å². The van der Waals surface area contributed by atoms with Gasteiger partial charge in [-0.15, -0.1) is 0 Å². The molecule has 0 spiro atoms. The van der Waals surface area contributed by atoms with E-state index in [4.69, 9.17) is 9.47 Å². The van der Waals surface area contributed by atoms with Gasteiger partial charge in [-0.1, -0.05) is 26.0 Å². The molecule has 0 unspecified atom stereocenters. The molecule has 1 aliphatic heterocycles. The van der Waals surface area contributed by atoms with Crippen molar-refractivity contribution in [3.63, 3.8) is 0 Å². The van der Waals surface area contributed by atoms with E-state index >= 15 is 0 Å². The smallest absolute Gasteiger partial charge is 0.187 e. The zero-order chi connectivity index (χ0) is 21.4. The van der Waals surface area contributed by atoms with E-state index in [2.05, 4.69) is 0 Å². The minimum absolute atomic E-state index is 0.307. The second-order valence-corrected chi connectivity index (χ2v) is 8.83. The van der Waals surface area contributed by atoms with Crippen LogP contribution in [-0.2, 0) is 9.47 Å². The summed E-state index contributed by atoms with van der Waals surface area (Å²) in [5.41, 5.74) is -2.05. The second-order valence-electron chi connectivity index (χ2n) is 8.83. The first-order valence-corrected chi connectivity index (χ1v) is 9.55. The average Bonchev–Trinajstić information content (AvgIpc) is 2.59. The Morgan fingerprint density at radius 1 is 1.07 bits per heavy atom. The molecule has 0 aromatic rings. The molecule has 9 nitrogen and oxygen atoms in total. The van der Waals surface area contributed by atoms with E-state index in [0.29, 0.717) is 6.42 Å². The lowest BCUT2D eigenvalue weighted by atomic mass is 9.59. The molecule has 9 heteroatoms. The maximum absolute atomic E-state index is 10.8. The fourth-order valence-electron chi connectivity index (χ4n) is 4.30. The van der Waals surface area contributed by atoms with Crippen LogP contribution >= 0.6 is 0 Å². The van der Waals surface area contributed by atoms with Crippen LogP contribution in [0, 0.1) is 11.3 Å². The lowest BCUT2D eigenvalue weighted by Gasteiger charge is -2.51. The van der Waals surface area contributed by atoms with Crippen LogP contribution in [0.25, 0.3) is 0 Å². The van der Waals surface area contributed by atoms with Crippen LogP contribution in [0.5, 0.6) is 0 Å². The zero-order valence-electron chi connectivity index (χ0n) is 16.7. The molecular formula is C19H34O9. The molecule has 7 N–H and O–H groups in total. The molecule has 1 heterocycles. The molecule has 2 aliphatic rings. The summed E-state index contributed by atoms with van der Waals surface area (Å²) < 4.78 is 10.9. The summed E-state index contributed by atoms with van der Waals surface area (Å²) in [6.45, 7) is 6.35. The van der Waals surface area contributed by atoms with Gasteiger partial charge >= 0.3 is 0 Å². The Balaban J connectivity index is 2.09. The molecule has 0 amide bonds. The molecule has 28 heavy (non-hydrogen) atoms. The van der Waals surface area contributed by atoms with Gasteiger partial charge in [0.25, 0.3) is 0 Å². The summed E-state index contributed by atoms with van der Waals surface area (Å²) >= 11 is 0. The lowest BCUT2D eigenvalue weighted by molar-refractivity contribution is -0.306. The average molecular weight is 406 g/mol. The summed E-state index contributed by atoms with van der Waals surface area (Å²) in [6.07, 6.45) is -6.11. The first-order valence-electron chi connectivity index (χ1n) is 9.55. The molecule has 1 saturated heterocycles. The van der Waals surface area contributed by atoms with Gasteiger partial charge in [0, 0.05) is 5.92 Å². The standard InChI is InChI=1S/C19H34O9/c1-9(27-17-15(24)14(23)13(22)11(8-20)28-17)5-6-12-18(2,3)7-10(21)16(25)19(12,4)26/h5-6,9-17,20-26H,7-8H2,1-4H3/b6-5+/t9-,10+,11-,12+,13-,14+,15-,16+,17-,19-/m1/s1. The van der Waals surface area contributed by atoms with Crippen LogP contribution in [0.1, 0.15) is 34.1 Å². The summed E-state index contributed by atoms with van der Waals surface area (Å²) in [6, 6.07) is 0. The van der Waals surface area contributed by atoms with Crippen LogP contribution in [-0.4, -0.2) is 97.0 Å². The van der Waals surface area contributed by atoms with Crippen molar-refractivity contribution in [3.8, 4) is 0 Å². The highest BCUT2D eigenvalue weighted by molar-refractivity contribution is 5.12. The molecule has 0 bridgehead atoms. The van der Waals surface area contributed by atoms with Crippen molar-refractivity contribution in [2.24, 2.45) is 11.3 Å². The second kappa shape index (κ2) is 8.63. The minimum atomic E-state index is -1.56. The molecule has 1 aliphatic carbocycles. The Morgan fingerprint density at radius 2 is 1.68 bits per heavy atom. The number of rotatable bonds is 5. The van der Waals surface area contributed by atoms with Crippen LogP contribution in [0.3, 0.4) is 0 Å². The monoisotopic (exact) mass is 406 g/mol. The topological polar surface area (TPSA) is 160 Å². The van der Waals surface area contributed by atoms with Crippen molar-refractivity contribution < 1.29 is 45.2 Å². The highest BCUT2D eigenvalue weighted by atomic mass is 16.7. The predicted octanol–water partition coefficient (Wildman–Crippen LogP) is -1.73. The van der Waals surface area contributed by atoms with Crippen molar-refractivity contribution in [1.82, 2.24) is 0 Å². The van der Waals surface area contributed by atoms with E-state index in [-0.39, 0.29) is 0 Å². The normalized spacial score (nSPS) is 48.0. The maximum Gasteiger partial charge on any atom is 0.187 e. The van der Waals surface area contributed by atoms with Crippen molar-refractivity contribution in [2.75, 3.05) is 6.61 Å². The third-order valence-electron chi connectivity index (χ3n) is 5.94. The fraction of sp³-hybridized carbons (Fsp3) is 0.895. The van der Waals surface area contributed by atoms with Gasteiger partial charge in [-0.2, -0.15) is 0 Å². The van der Waals surface area contributed by atoms with E-state index in [1.807, 2.05) is 13.8 Å². The fourth-order valence-corrected chi connectivity index (χ4v) is 4.30. The molecule has 1 saturated carbocycles. The van der Waals surface area contributed by atoms with Gasteiger partial charge in [-0.25, -0.2) is 0 Å². The lowest BCUT2D eigenvalue weighted by Crippen LogP contribution is -2.61. The van der Waals surface area contributed by atoms with E-state index < -0.39 is 72.6 Å². The molecule has 2 rings (SSSR count). The molecule has 164 valence electrons. The molecule has 10 atom stereocenters. The number of aliphatic hydroxyl groups excluding tert-OH is 6. The number of ether oxygens (including phenoxy) is 2. The quantitative estimate of drug-likeness (QED) is 0.263. The SMILES string of the molecule is C[C@H](/C=C/[C@H]1C(C)(C)C[C@H](O)[C@H](O)[C@]1(C)O)O[C@@H]1O[C@H](CO)[C@@H](O)[C@H](O)[C@H]1O. The van der Waals surface area contributed by atoms with Crippen LogP contribution in [0.2, 0.25) is 0 Å². The third kappa shape index (κ3) is 4.58. The molecule has 0 aromatic carbocycles. The van der Waals surface area contributed by atoms with Gasteiger partial charge in [-0.05, 0) is 25.7 Å². The van der Waals surface area contributed by atoms with E-state index in [9.17, 15) is 35.7 Å². The number of hydrogen-bond acceptors (Lipinski definition) is 9. The molecular weight excluding hydrogens is 372 g/mol. The Hall–Kier alpha value is -0.620. The van der Waals surface area contributed by atoms with Gasteiger partial charge in [-0.3, -0.25) is 0 Å². The molecule has 2 fully saturated rings. The zero-order valence-corrected chi connectivity index (χ0v) is 16.7. The Morgan fingerprint density at radius 3 is 2.25 bits per heavy atom. The summed E-state index contributed by atoms with van der Waals surface area (Å²) in [7, 11) is 0. The minimum Gasteiger partial charge on any atom is -0.394 e. The predicted molar refractivity (Wildman–Crippen MR) is 98.0 cm³/mol. The summed E-state index contributed by atoms with van der Waals surface area (Å²) in [5.74, 6) is -0.487. The third-order valence-corrected chi connectivity index (χ3v) is 5.94. The first-order chi connectivity index (χ1) is 12.8. The van der Waals surface area contributed by atoms with Crippen LogP contribution < -0.4 is 0 Å². The largest absolute Gasteiger partial charge is 0.394 e. The molecule has 0 radical (unpaired) electrons. The number of hydrogen-bond donors (Lipinski definition) is 7. The van der Waals surface area contributed by atoms with E-state index in [0.717, 1.165) is 0 Å². The highest BCUT2D eigenvalue weighted by Crippen LogP contribution is 2.47. The Labute approximate surface area is 164 Å². The van der Waals surface area contributed by atoms with E-state index in [1.54, 1.807) is 19.1 Å². The van der Waals surface area contributed by atoms with Crippen molar-refractivity contribution in [1.29, 1.82) is 0 Å². The molecule has 0 aromatic heterocycles. The van der Waals surface area contributed by atoms with Gasteiger partial charge < -0.3 is 45.2 Å². The van der Waals surface area contributed by atoms with Gasteiger partial charge in [0.2, 0.25) is 0 Å². The maximum atomic E-state index is 10.8. The van der Waals surface area contributed by atoms with Crippen LogP contribution in [0.15, 0.2) is 12.2 Å². The summed E-state index contributed by atoms with van der Waals surface area (Å²) in [5, 5.41) is 69.9. The van der Waals surface area contributed by atoms with Gasteiger partial charge in [0.05, 0.1) is 24.4 Å². The number of aliphatic hydroxyl groups is 7.